The van der Waals surface area contributed by atoms with Crippen LogP contribution in [0.15, 0.2) is 4.52 Å². The maximum absolute atomic E-state index is 5.45. The highest BCUT2D eigenvalue weighted by molar-refractivity contribution is 5.41. The van der Waals surface area contributed by atoms with Gasteiger partial charge in [-0.05, 0) is 38.5 Å². The predicted octanol–water partition coefficient (Wildman–Crippen LogP) is 2.91. The molecule has 0 amide bonds. The standard InChI is InChI=1S/C20H29N7O2/c1-28-20-23-18(26-10-4-2-3-5-11-26)22-19(24-20)27-12-8-14(9-13-27)16-21-17(29-25-16)15-6-7-15/h14-15H,2-13H2,1H3. The van der Waals surface area contributed by atoms with E-state index in [0.29, 0.717) is 23.8 Å². The van der Waals surface area contributed by atoms with Crippen LogP contribution in [0.3, 0.4) is 0 Å². The predicted molar refractivity (Wildman–Crippen MR) is 108 cm³/mol. The van der Waals surface area contributed by atoms with Gasteiger partial charge in [-0.1, -0.05) is 18.0 Å². The van der Waals surface area contributed by atoms with Crippen molar-refractivity contribution in [2.24, 2.45) is 0 Å². The fourth-order valence-corrected chi connectivity index (χ4v) is 4.23. The summed E-state index contributed by atoms with van der Waals surface area (Å²) >= 11 is 0. The van der Waals surface area contributed by atoms with Crippen molar-refractivity contribution in [1.29, 1.82) is 0 Å². The third-order valence-corrected chi connectivity index (χ3v) is 6.19. The van der Waals surface area contributed by atoms with E-state index in [2.05, 4.69) is 29.9 Å². The molecule has 1 saturated carbocycles. The van der Waals surface area contributed by atoms with Crippen LogP contribution in [0.1, 0.15) is 74.9 Å². The highest BCUT2D eigenvalue weighted by Crippen LogP contribution is 2.40. The third kappa shape index (κ3) is 4.13. The summed E-state index contributed by atoms with van der Waals surface area (Å²) in [5, 5.41) is 4.24. The smallest absolute Gasteiger partial charge is 0.322 e. The number of aromatic nitrogens is 5. The molecular formula is C20H29N7O2. The second-order valence-corrected chi connectivity index (χ2v) is 8.35. The van der Waals surface area contributed by atoms with E-state index in [9.17, 15) is 0 Å². The number of anilines is 2. The van der Waals surface area contributed by atoms with Gasteiger partial charge in [0, 0.05) is 38.0 Å². The van der Waals surface area contributed by atoms with Gasteiger partial charge in [0.1, 0.15) is 0 Å². The molecule has 5 rings (SSSR count). The van der Waals surface area contributed by atoms with E-state index in [-0.39, 0.29) is 0 Å². The normalized spacial score (nSPS) is 21.3. The summed E-state index contributed by atoms with van der Waals surface area (Å²) in [7, 11) is 1.62. The molecular weight excluding hydrogens is 370 g/mol. The van der Waals surface area contributed by atoms with Gasteiger partial charge in [0.2, 0.25) is 17.8 Å². The van der Waals surface area contributed by atoms with Gasteiger partial charge in [-0.2, -0.15) is 19.9 Å². The molecule has 4 heterocycles. The number of piperidine rings is 1. The fraction of sp³-hybridized carbons (Fsp3) is 0.750. The molecule has 0 N–H and O–H groups in total. The molecule has 29 heavy (non-hydrogen) atoms. The first-order valence-corrected chi connectivity index (χ1v) is 10.9. The Hall–Kier alpha value is -2.45. The maximum atomic E-state index is 5.45. The van der Waals surface area contributed by atoms with Crippen molar-refractivity contribution in [3.05, 3.63) is 11.7 Å². The molecule has 9 heteroatoms. The monoisotopic (exact) mass is 399 g/mol. The summed E-state index contributed by atoms with van der Waals surface area (Å²) in [4.78, 5) is 23.0. The van der Waals surface area contributed by atoms with Crippen LogP contribution in [0.25, 0.3) is 0 Å². The lowest BCUT2D eigenvalue weighted by molar-refractivity contribution is 0.363. The van der Waals surface area contributed by atoms with E-state index in [0.717, 1.165) is 56.7 Å². The minimum atomic E-state index is 0.344. The molecule has 2 aromatic heterocycles. The van der Waals surface area contributed by atoms with Crippen LogP contribution in [-0.4, -0.2) is 58.4 Å². The fourth-order valence-electron chi connectivity index (χ4n) is 4.23. The molecule has 9 nitrogen and oxygen atoms in total. The summed E-state index contributed by atoms with van der Waals surface area (Å²) in [5.41, 5.74) is 0. The minimum absolute atomic E-state index is 0.344. The number of nitrogens with zero attached hydrogens (tertiary/aromatic N) is 7. The molecule has 0 spiro atoms. The van der Waals surface area contributed by atoms with Crippen molar-refractivity contribution in [3.63, 3.8) is 0 Å². The van der Waals surface area contributed by atoms with Crippen molar-refractivity contribution in [3.8, 4) is 6.01 Å². The SMILES string of the molecule is COc1nc(N2CCCCCC2)nc(N2CCC(c3noc(C4CC4)n3)CC2)n1. The molecule has 156 valence electrons. The quantitative estimate of drug-likeness (QED) is 0.752. The lowest BCUT2D eigenvalue weighted by atomic mass is 9.96. The van der Waals surface area contributed by atoms with Crippen LogP contribution in [0.5, 0.6) is 6.01 Å². The second kappa shape index (κ2) is 8.12. The van der Waals surface area contributed by atoms with Crippen LogP contribution >= 0.6 is 0 Å². The molecule has 0 unspecified atom stereocenters. The molecule has 2 saturated heterocycles. The molecule has 0 atom stereocenters. The van der Waals surface area contributed by atoms with E-state index < -0.39 is 0 Å². The van der Waals surface area contributed by atoms with Gasteiger partial charge in [-0.25, -0.2) is 0 Å². The summed E-state index contributed by atoms with van der Waals surface area (Å²) < 4.78 is 10.8. The number of methoxy groups -OCH3 is 1. The number of hydrogen-bond acceptors (Lipinski definition) is 9. The molecule has 3 fully saturated rings. The third-order valence-electron chi connectivity index (χ3n) is 6.19. The molecule has 0 aromatic carbocycles. The van der Waals surface area contributed by atoms with Crippen molar-refractivity contribution in [2.75, 3.05) is 43.1 Å². The summed E-state index contributed by atoms with van der Waals surface area (Å²) in [6, 6.07) is 0.392. The van der Waals surface area contributed by atoms with E-state index in [1.165, 1.54) is 38.5 Å². The zero-order valence-electron chi connectivity index (χ0n) is 17.1. The first kappa shape index (κ1) is 18.6. The number of rotatable bonds is 5. The van der Waals surface area contributed by atoms with Crippen molar-refractivity contribution >= 4 is 11.9 Å². The highest BCUT2D eigenvalue weighted by Gasteiger charge is 2.32. The summed E-state index contributed by atoms with van der Waals surface area (Å²) in [6.45, 7) is 3.72. The molecule has 0 radical (unpaired) electrons. The molecule has 1 aliphatic carbocycles. The average molecular weight is 399 g/mol. The van der Waals surface area contributed by atoms with Gasteiger partial charge >= 0.3 is 6.01 Å². The second-order valence-electron chi connectivity index (χ2n) is 8.35. The molecule has 3 aliphatic rings. The van der Waals surface area contributed by atoms with Gasteiger partial charge in [0.15, 0.2) is 5.82 Å². The Morgan fingerprint density at radius 2 is 1.41 bits per heavy atom. The summed E-state index contributed by atoms with van der Waals surface area (Å²) in [5.74, 6) is 3.99. The lowest BCUT2D eigenvalue weighted by Crippen LogP contribution is -2.35. The van der Waals surface area contributed by atoms with E-state index in [4.69, 9.17) is 14.2 Å². The molecule has 2 aliphatic heterocycles. The minimum Gasteiger partial charge on any atom is -0.467 e. The maximum Gasteiger partial charge on any atom is 0.322 e. The van der Waals surface area contributed by atoms with E-state index >= 15 is 0 Å². The van der Waals surface area contributed by atoms with Crippen molar-refractivity contribution in [2.45, 2.75) is 63.2 Å². The van der Waals surface area contributed by atoms with Crippen molar-refractivity contribution in [1.82, 2.24) is 25.1 Å². The Bertz CT molecular complexity index is 822. The summed E-state index contributed by atoms with van der Waals surface area (Å²) in [6.07, 6.45) is 9.22. The van der Waals surface area contributed by atoms with E-state index in [1.54, 1.807) is 7.11 Å². The van der Waals surface area contributed by atoms with Crippen LogP contribution in [0.4, 0.5) is 11.9 Å². The topological polar surface area (TPSA) is 93.3 Å². The number of ether oxygens (including phenoxy) is 1. The van der Waals surface area contributed by atoms with Gasteiger partial charge in [0.25, 0.3) is 0 Å². The largest absolute Gasteiger partial charge is 0.467 e. The van der Waals surface area contributed by atoms with Crippen LogP contribution in [0.2, 0.25) is 0 Å². The van der Waals surface area contributed by atoms with Crippen LogP contribution in [0, 0.1) is 0 Å². The van der Waals surface area contributed by atoms with Gasteiger partial charge in [-0.3, -0.25) is 0 Å². The Morgan fingerprint density at radius 3 is 2.03 bits per heavy atom. The zero-order chi connectivity index (χ0) is 19.6. The first-order chi connectivity index (χ1) is 14.3. The average Bonchev–Trinajstić information content (AvgIpc) is 3.56. The Kier molecular flexibility index (Phi) is 5.20. The van der Waals surface area contributed by atoms with Crippen LogP contribution in [-0.2, 0) is 0 Å². The highest BCUT2D eigenvalue weighted by atomic mass is 16.5. The van der Waals surface area contributed by atoms with Gasteiger partial charge in [0.05, 0.1) is 7.11 Å². The molecule has 0 bridgehead atoms. The van der Waals surface area contributed by atoms with E-state index in [1.807, 2.05) is 0 Å². The van der Waals surface area contributed by atoms with Crippen LogP contribution < -0.4 is 14.5 Å². The Labute approximate surface area is 170 Å². The van der Waals surface area contributed by atoms with Crippen molar-refractivity contribution < 1.29 is 9.26 Å². The zero-order valence-corrected chi connectivity index (χ0v) is 17.1. The number of hydrogen-bond donors (Lipinski definition) is 0. The Morgan fingerprint density at radius 1 is 0.759 bits per heavy atom. The Balaban J connectivity index is 1.28. The van der Waals surface area contributed by atoms with Gasteiger partial charge in [-0.15, -0.1) is 0 Å². The lowest BCUT2D eigenvalue weighted by Gasteiger charge is -2.31. The first-order valence-electron chi connectivity index (χ1n) is 10.9. The van der Waals surface area contributed by atoms with Gasteiger partial charge < -0.3 is 19.1 Å². The molecule has 2 aromatic rings.